The molecule has 5 nitrogen and oxygen atoms in total. The smallest absolute Gasteiger partial charge is 0.321 e. The van der Waals surface area contributed by atoms with Gasteiger partial charge in [0.25, 0.3) is 0 Å². The summed E-state index contributed by atoms with van der Waals surface area (Å²) in [6, 6.07) is 9.84. The van der Waals surface area contributed by atoms with Crippen LogP contribution in [0, 0.1) is 5.82 Å². The van der Waals surface area contributed by atoms with Gasteiger partial charge in [0.15, 0.2) is 0 Å². The van der Waals surface area contributed by atoms with Crippen LogP contribution < -0.4 is 5.32 Å². The molecule has 3 aromatic rings. The molecule has 4 N–H and O–H groups in total. The maximum atomic E-state index is 13.2. The summed E-state index contributed by atoms with van der Waals surface area (Å²) in [7, 11) is 0. The SMILES string of the molecule is O=C(O)[C@@H]1Cc2c([nH]c3ccc(O)cc23)[C@@H](c2ccc(F)cc2)N1. The van der Waals surface area contributed by atoms with Gasteiger partial charge >= 0.3 is 5.97 Å². The van der Waals surface area contributed by atoms with E-state index >= 15 is 0 Å². The average Bonchev–Trinajstić information content (AvgIpc) is 2.92. The largest absolute Gasteiger partial charge is 0.508 e. The number of aliphatic carboxylic acids is 1. The Hall–Kier alpha value is -2.86. The number of phenols is 1. The maximum Gasteiger partial charge on any atom is 0.321 e. The van der Waals surface area contributed by atoms with Crippen LogP contribution in [-0.2, 0) is 11.2 Å². The molecule has 4 rings (SSSR count). The van der Waals surface area contributed by atoms with Gasteiger partial charge in [0.2, 0.25) is 0 Å². The highest BCUT2D eigenvalue weighted by atomic mass is 19.1. The molecule has 122 valence electrons. The first-order chi connectivity index (χ1) is 11.5. The number of hydrogen-bond donors (Lipinski definition) is 4. The Bertz CT molecular complexity index is 933. The molecule has 0 bridgehead atoms. The van der Waals surface area contributed by atoms with Crippen molar-refractivity contribution in [1.82, 2.24) is 10.3 Å². The van der Waals surface area contributed by atoms with Crippen molar-refractivity contribution in [1.29, 1.82) is 0 Å². The van der Waals surface area contributed by atoms with Gasteiger partial charge < -0.3 is 15.2 Å². The van der Waals surface area contributed by atoms with E-state index < -0.39 is 12.0 Å². The highest BCUT2D eigenvalue weighted by molar-refractivity contribution is 5.88. The third-order valence-electron chi connectivity index (χ3n) is 4.49. The van der Waals surface area contributed by atoms with Crippen molar-refractivity contribution in [3.63, 3.8) is 0 Å². The van der Waals surface area contributed by atoms with Crippen molar-refractivity contribution in [2.24, 2.45) is 0 Å². The predicted octanol–water partition coefficient (Wildman–Crippen LogP) is 2.70. The molecule has 0 aliphatic carbocycles. The van der Waals surface area contributed by atoms with Gasteiger partial charge in [-0.1, -0.05) is 12.1 Å². The van der Waals surface area contributed by atoms with E-state index in [-0.39, 0.29) is 17.6 Å². The number of aromatic nitrogens is 1. The van der Waals surface area contributed by atoms with Gasteiger partial charge in [-0.25, -0.2) is 4.39 Å². The molecule has 1 aromatic heterocycles. The van der Waals surface area contributed by atoms with Crippen LogP contribution in [0.15, 0.2) is 42.5 Å². The number of carbonyl (C=O) groups is 1. The maximum absolute atomic E-state index is 13.2. The summed E-state index contributed by atoms with van der Waals surface area (Å²) in [4.78, 5) is 14.8. The number of hydrogen-bond acceptors (Lipinski definition) is 3. The molecular weight excluding hydrogens is 311 g/mol. The highest BCUT2D eigenvalue weighted by Crippen LogP contribution is 2.36. The summed E-state index contributed by atoms with van der Waals surface area (Å²) in [5.41, 5.74) is 3.32. The number of benzene rings is 2. The Morgan fingerprint density at radius 1 is 1.17 bits per heavy atom. The standard InChI is InChI=1S/C18H15FN2O3/c19-10-3-1-9(2-4-10)16-17-13(8-15(21-16)18(23)24)12-7-11(22)5-6-14(12)20-17/h1-7,15-16,20-22H,8H2,(H,23,24)/t15-,16+/m0/s1. The normalized spacial score (nSPS) is 20.0. The van der Waals surface area contributed by atoms with E-state index in [2.05, 4.69) is 10.3 Å². The van der Waals surface area contributed by atoms with Crippen LogP contribution in [0.1, 0.15) is 22.9 Å². The van der Waals surface area contributed by atoms with Crippen molar-refractivity contribution in [2.45, 2.75) is 18.5 Å². The molecule has 1 aliphatic rings. The van der Waals surface area contributed by atoms with E-state index in [0.717, 1.165) is 27.7 Å². The topological polar surface area (TPSA) is 85.3 Å². The third-order valence-corrected chi connectivity index (χ3v) is 4.49. The van der Waals surface area contributed by atoms with Crippen LogP contribution in [0.25, 0.3) is 10.9 Å². The molecule has 0 saturated heterocycles. The Balaban J connectivity index is 1.90. The number of aromatic amines is 1. The van der Waals surface area contributed by atoms with E-state index in [1.54, 1.807) is 30.3 Å². The molecule has 0 saturated carbocycles. The molecule has 0 amide bonds. The zero-order valence-electron chi connectivity index (χ0n) is 12.6. The first-order valence-corrected chi connectivity index (χ1v) is 7.60. The minimum atomic E-state index is -0.942. The molecule has 0 unspecified atom stereocenters. The van der Waals surface area contributed by atoms with E-state index in [4.69, 9.17) is 0 Å². The zero-order valence-corrected chi connectivity index (χ0v) is 12.6. The Morgan fingerprint density at radius 3 is 2.62 bits per heavy atom. The summed E-state index contributed by atoms with van der Waals surface area (Å²) in [6.07, 6.45) is 0.311. The van der Waals surface area contributed by atoms with E-state index in [1.165, 1.54) is 12.1 Å². The second kappa shape index (κ2) is 5.35. The lowest BCUT2D eigenvalue weighted by molar-refractivity contribution is -0.139. The molecular formula is C18H15FN2O3. The molecule has 2 aromatic carbocycles. The molecule has 24 heavy (non-hydrogen) atoms. The van der Waals surface area contributed by atoms with Crippen LogP contribution in [0.5, 0.6) is 5.75 Å². The molecule has 0 radical (unpaired) electrons. The van der Waals surface area contributed by atoms with Crippen molar-refractivity contribution < 1.29 is 19.4 Å². The quantitative estimate of drug-likeness (QED) is 0.583. The number of fused-ring (bicyclic) bond motifs is 3. The first kappa shape index (κ1) is 14.7. The minimum absolute atomic E-state index is 0.132. The fraction of sp³-hybridized carbons (Fsp3) is 0.167. The number of halogens is 1. The van der Waals surface area contributed by atoms with E-state index in [0.29, 0.717) is 6.42 Å². The Labute approximate surface area is 136 Å². The second-order valence-corrected chi connectivity index (χ2v) is 5.99. The number of carboxylic acid groups (broad SMARTS) is 1. The molecule has 2 atom stereocenters. The van der Waals surface area contributed by atoms with Gasteiger partial charge in [-0.05, 0) is 41.5 Å². The third kappa shape index (κ3) is 2.32. The number of H-pyrrole nitrogens is 1. The van der Waals surface area contributed by atoms with Gasteiger partial charge in [0, 0.05) is 23.0 Å². The number of aromatic hydroxyl groups is 1. The van der Waals surface area contributed by atoms with Crippen LogP contribution in [-0.4, -0.2) is 27.2 Å². The highest BCUT2D eigenvalue weighted by Gasteiger charge is 2.33. The summed E-state index contributed by atoms with van der Waals surface area (Å²) >= 11 is 0. The summed E-state index contributed by atoms with van der Waals surface area (Å²) in [6.45, 7) is 0. The first-order valence-electron chi connectivity index (χ1n) is 7.60. The second-order valence-electron chi connectivity index (χ2n) is 5.99. The van der Waals surface area contributed by atoms with Gasteiger partial charge in [0.1, 0.15) is 17.6 Å². The fourth-order valence-corrected chi connectivity index (χ4v) is 3.35. The summed E-state index contributed by atoms with van der Waals surface area (Å²) < 4.78 is 13.2. The van der Waals surface area contributed by atoms with Crippen LogP contribution in [0.2, 0.25) is 0 Å². The predicted molar refractivity (Wildman–Crippen MR) is 86.5 cm³/mol. The number of nitrogens with one attached hydrogen (secondary N) is 2. The van der Waals surface area contributed by atoms with Crippen molar-refractivity contribution in [2.75, 3.05) is 0 Å². The lowest BCUT2D eigenvalue weighted by Gasteiger charge is -2.29. The van der Waals surface area contributed by atoms with Gasteiger partial charge in [-0.2, -0.15) is 0 Å². The summed E-state index contributed by atoms with van der Waals surface area (Å²) in [5, 5.41) is 23.1. The van der Waals surface area contributed by atoms with Crippen LogP contribution >= 0.6 is 0 Å². The summed E-state index contributed by atoms with van der Waals surface area (Å²) in [5.74, 6) is -1.15. The monoisotopic (exact) mass is 326 g/mol. The van der Waals surface area contributed by atoms with Crippen molar-refractivity contribution >= 4 is 16.9 Å². The van der Waals surface area contributed by atoms with Crippen LogP contribution in [0.3, 0.4) is 0 Å². The zero-order chi connectivity index (χ0) is 16.8. The van der Waals surface area contributed by atoms with Crippen LogP contribution in [0.4, 0.5) is 4.39 Å². The number of carboxylic acids is 1. The van der Waals surface area contributed by atoms with E-state index in [9.17, 15) is 19.4 Å². The fourth-order valence-electron chi connectivity index (χ4n) is 3.35. The van der Waals surface area contributed by atoms with Crippen molar-refractivity contribution in [3.8, 4) is 5.75 Å². The van der Waals surface area contributed by atoms with E-state index in [1.807, 2.05) is 0 Å². The average molecular weight is 326 g/mol. The minimum Gasteiger partial charge on any atom is -0.508 e. The molecule has 6 heteroatoms. The lowest BCUT2D eigenvalue weighted by atomic mass is 9.90. The lowest BCUT2D eigenvalue weighted by Crippen LogP contribution is -2.44. The molecule has 0 spiro atoms. The number of rotatable bonds is 2. The number of phenolic OH excluding ortho intramolecular Hbond substituents is 1. The van der Waals surface area contributed by atoms with Gasteiger partial charge in [0.05, 0.1) is 6.04 Å². The Kier molecular flexibility index (Phi) is 3.28. The van der Waals surface area contributed by atoms with Gasteiger partial charge in [-0.15, -0.1) is 0 Å². The van der Waals surface area contributed by atoms with Gasteiger partial charge in [-0.3, -0.25) is 10.1 Å². The Morgan fingerprint density at radius 2 is 1.92 bits per heavy atom. The molecule has 2 heterocycles. The molecule has 0 fully saturated rings. The molecule has 1 aliphatic heterocycles. The van der Waals surface area contributed by atoms with Crippen molar-refractivity contribution in [3.05, 3.63) is 65.1 Å².